The third-order valence-electron chi connectivity index (χ3n) is 2.27. The third-order valence-corrected chi connectivity index (χ3v) is 2.27. The van der Waals surface area contributed by atoms with E-state index in [0.717, 1.165) is 11.1 Å². The van der Waals surface area contributed by atoms with Crippen molar-refractivity contribution in [2.45, 2.75) is 34.6 Å². The summed E-state index contributed by atoms with van der Waals surface area (Å²) in [7, 11) is 0. The van der Waals surface area contributed by atoms with Crippen molar-refractivity contribution in [3.05, 3.63) is 71.4 Å². The number of hydrogen-bond donors (Lipinski definition) is 0. The first-order valence-electron chi connectivity index (χ1n) is 5.86. The minimum Gasteiger partial charge on any atom is -0.0961 e. The number of hydrogen-bond acceptors (Lipinski definition) is 0. The van der Waals surface area contributed by atoms with Crippen LogP contribution in [0.1, 0.15) is 34.6 Å². The normalized spacial score (nSPS) is 14.3. The predicted octanol–water partition coefficient (Wildman–Crippen LogP) is 5.53. The van der Waals surface area contributed by atoms with Gasteiger partial charge in [0, 0.05) is 0 Å². The lowest BCUT2D eigenvalue weighted by atomic mass is 10.1. The summed E-state index contributed by atoms with van der Waals surface area (Å²) < 4.78 is 0. The van der Waals surface area contributed by atoms with Crippen molar-refractivity contribution in [2.75, 3.05) is 0 Å². The van der Waals surface area contributed by atoms with Crippen LogP contribution in [0.4, 0.5) is 0 Å². The Kier molecular flexibility index (Phi) is 6.97. The Hall–Kier alpha value is -1.56. The molecule has 0 heterocycles. The van der Waals surface area contributed by atoms with Crippen molar-refractivity contribution in [1.82, 2.24) is 0 Å². The Bertz CT molecular complexity index is 409. The zero-order chi connectivity index (χ0) is 13.4. The zero-order valence-corrected chi connectivity index (χ0v) is 11.8. The summed E-state index contributed by atoms with van der Waals surface area (Å²) in [5.74, 6) is 0. The SMILES string of the molecule is C=C(C)\C=C/C=C(C)/C(C)=C/C(C)=C\C(=C)C. The maximum Gasteiger partial charge on any atom is -0.0395 e. The quantitative estimate of drug-likeness (QED) is 0.542. The first-order chi connectivity index (χ1) is 7.82. The van der Waals surface area contributed by atoms with Gasteiger partial charge in [0.15, 0.2) is 0 Å². The summed E-state index contributed by atoms with van der Waals surface area (Å²) in [5.41, 5.74) is 5.90. The molecule has 0 bridgehead atoms. The summed E-state index contributed by atoms with van der Waals surface area (Å²) in [6.45, 7) is 18.0. The Labute approximate surface area is 106 Å². The zero-order valence-electron chi connectivity index (χ0n) is 11.8. The van der Waals surface area contributed by atoms with E-state index in [4.69, 9.17) is 0 Å². The van der Waals surface area contributed by atoms with Crippen molar-refractivity contribution >= 4 is 0 Å². The molecule has 0 spiro atoms. The van der Waals surface area contributed by atoms with Crippen LogP contribution in [0.15, 0.2) is 71.4 Å². The van der Waals surface area contributed by atoms with E-state index in [1.54, 1.807) is 0 Å². The van der Waals surface area contributed by atoms with E-state index in [1.807, 2.05) is 26.0 Å². The highest BCUT2D eigenvalue weighted by atomic mass is 14.0. The van der Waals surface area contributed by atoms with Crippen molar-refractivity contribution in [3.63, 3.8) is 0 Å². The van der Waals surface area contributed by atoms with Gasteiger partial charge in [0.2, 0.25) is 0 Å². The van der Waals surface area contributed by atoms with Crippen LogP contribution in [0.3, 0.4) is 0 Å². The van der Waals surface area contributed by atoms with E-state index < -0.39 is 0 Å². The van der Waals surface area contributed by atoms with Gasteiger partial charge in [0.05, 0.1) is 0 Å². The molecule has 92 valence electrons. The lowest BCUT2D eigenvalue weighted by Gasteiger charge is -2.01. The molecule has 0 heteroatoms. The highest BCUT2D eigenvalue weighted by molar-refractivity contribution is 5.38. The van der Waals surface area contributed by atoms with E-state index in [-0.39, 0.29) is 0 Å². The van der Waals surface area contributed by atoms with E-state index in [1.165, 1.54) is 16.7 Å². The molecule has 0 fully saturated rings. The molecule has 0 nitrogen and oxygen atoms in total. The Balaban J connectivity index is 4.81. The largest absolute Gasteiger partial charge is 0.0961 e. The Morgan fingerprint density at radius 2 is 1.35 bits per heavy atom. The summed E-state index contributed by atoms with van der Waals surface area (Å²) >= 11 is 0. The molecule has 0 unspecified atom stereocenters. The van der Waals surface area contributed by atoms with Crippen molar-refractivity contribution < 1.29 is 0 Å². The second-order valence-corrected chi connectivity index (χ2v) is 4.62. The molecule has 0 atom stereocenters. The summed E-state index contributed by atoms with van der Waals surface area (Å²) in [6, 6.07) is 0. The van der Waals surface area contributed by atoms with Gasteiger partial charge in [-0.3, -0.25) is 0 Å². The molecule has 0 aliphatic heterocycles. The second-order valence-electron chi connectivity index (χ2n) is 4.62. The van der Waals surface area contributed by atoms with Crippen molar-refractivity contribution in [3.8, 4) is 0 Å². The van der Waals surface area contributed by atoms with Crippen LogP contribution in [0.5, 0.6) is 0 Å². The standard InChI is InChI=1S/C17H24/c1-13(2)9-8-10-16(6)17(7)12-15(5)11-14(3)4/h8-12H,1,3H2,2,4-7H3/b9-8-,15-11-,16-10+,17-12+. The molecule has 0 aromatic heterocycles. The summed E-state index contributed by atoms with van der Waals surface area (Å²) in [4.78, 5) is 0. The van der Waals surface area contributed by atoms with Crippen molar-refractivity contribution in [1.29, 1.82) is 0 Å². The third kappa shape index (κ3) is 8.27. The first kappa shape index (κ1) is 15.4. The van der Waals surface area contributed by atoms with Gasteiger partial charge >= 0.3 is 0 Å². The summed E-state index contributed by atoms with van der Waals surface area (Å²) in [6.07, 6.45) is 10.4. The van der Waals surface area contributed by atoms with Crippen LogP contribution in [-0.2, 0) is 0 Å². The van der Waals surface area contributed by atoms with Gasteiger partial charge in [-0.1, -0.05) is 60.3 Å². The molecule has 0 aromatic carbocycles. The highest BCUT2D eigenvalue weighted by Crippen LogP contribution is 2.12. The predicted molar refractivity (Wildman–Crippen MR) is 80.0 cm³/mol. The number of rotatable bonds is 5. The number of allylic oxidation sites excluding steroid dienone is 10. The minimum absolute atomic E-state index is 1.06. The van der Waals surface area contributed by atoms with Crippen LogP contribution >= 0.6 is 0 Å². The van der Waals surface area contributed by atoms with Crippen LogP contribution in [0.25, 0.3) is 0 Å². The molecule has 0 N–H and O–H groups in total. The molecule has 17 heavy (non-hydrogen) atoms. The van der Waals surface area contributed by atoms with Gasteiger partial charge in [-0.2, -0.15) is 0 Å². The van der Waals surface area contributed by atoms with E-state index in [0.29, 0.717) is 0 Å². The van der Waals surface area contributed by atoms with Gasteiger partial charge < -0.3 is 0 Å². The van der Waals surface area contributed by atoms with Gasteiger partial charge in [0.1, 0.15) is 0 Å². The van der Waals surface area contributed by atoms with E-state index >= 15 is 0 Å². The Morgan fingerprint density at radius 3 is 1.82 bits per heavy atom. The van der Waals surface area contributed by atoms with Gasteiger partial charge in [0.25, 0.3) is 0 Å². The average molecular weight is 228 g/mol. The molecule has 0 aliphatic rings. The van der Waals surface area contributed by atoms with E-state index in [9.17, 15) is 0 Å². The van der Waals surface area contributed by atoms with Crippen LogP contribution in [0, 0.1) is 0 Å². The smallest absolute Gasteiger partial charge is 0.0395 e. The molecular weight excluding hydrogens is 204 g/mol. The monoisotopic (exact) mass is 228 g/mol. The highest BCUT2D eigenvalue weighted by Gasteiger charge is 1.92. The van der Waals surface area contributed by atoms with Gasteiger partial charge in [-0.25, -0.2) is 0 Å². The molecule has 0 saturated carbocycles. The maximum atomic E-state index is 3.88. The topological polar surface area (TPSA) is 0 Å². The van der Waals surface area contributed by atoms with E-state index in [2.05, 4.69) is 52.2 Å². The molecule has 0 aliphatic carbocycles. The fraction of sp³-hybridized carbons (Fsp3) is 0.294. The second kappa shape index (κ2) is 7.67. The van der Waals surface area contributed by atoms with Crippen molar-refractivity contribution in [2.24, 2.45) is 0 Å². The lowest BCUT2D eigenvalue weighted by Crippen LogP contribution is -1.81. The molecular formula is C17H24. The summed E-state index contributed by atoms with van der Waals surface area (Å²) in [5, 5.41) is 0. The first-order valence-corrected chi connectivity index (χ1v) is 5.86. The van der Waals surface area contributed by atoms with Crippen LogP contribution in [0.2, 0.25) is 0 Å². The molecule has 0 radical (unpaired) electrons. The molecule has 0 amide bonds. The molecule has 0 rings (SSSR count). The molecule has 0 saturated heterocycles. The van der Waals surface area contributed by atoms with Crippen LogP contribution in [-0.4, -0.2) is 0 Å². The average Bonchev–Trinajstić information content (AvgIpc) is 2.15. The fourth-order valence-electron chi connectivity index (χ4n) is 1.37. The fourth-order valence-corrected chi connectivity index (χ4v) is 1.37. The van der Waals surface area contributed by atoms with Crippen LogP contribution < -0.4 is 0 Å². The Morgan fingerprint density at radius 1 is 0.765 bits per heavy atom. The molecule has 0 aromatic rings. The van der Waals surface area contributed by atoms with Gasteiger partial charge in [-0.15, -0.1) is 0 Å². The maximum absolute atomic E-state index is 3.88. The van der Waals surface area contributed by atoms with Gasteiger partial charge in [-0.05, 0) is 45.8 Å². The lowest BCUT2D eigenvalue weighted by molar-refractivity contribution is 1.31. The minimum atomic E-state index is 1.06.